The van der Waals surface area contributed by atoms with Crippen LogP contribution in [0.4, 0.5) is 5.00 Å². The maximum absolute atomic E-state index is 3.09. The summed E-state index contributed by atoms with van der Waals surface area (Å²) < 4.78 is 1.36. The third kappa shape index (κ3) is 1.63. The molecule has 0 spiro atoms. The second kappa shape index (κ2) is 3.13. The summed E-state index contributed by atoms with van der Waals surface area (Å²) in [4.78, 5) is 0. The maximum atomic E-state index is 3.09. The van der Waals surface area contributed by atoms with Gasteiger partial charge in [-0.3, -0.25) is 0 Å². The zero-order chi connectivity index (χ0) is 6.69. The van der Waals surface area contributed by atoms with Gasteiger partial charge in [-0.05, 0) is 18.4 Å². The monoisotopic (exact) mass is 159 g/mol. The second-order valence-electron chi connectivity index (χ2n) is 1.57. The predicted molar refractivity (Wildman–Crippen MR) is 45.6 cm³/mol. The minimum atomic E-state index is 1.24. The molecule has 1 rings (SSSR count). The van der Waals surface area contributed by atoms with Crippen molar-refractivity contribution in [2.45, 2.75) is 4.21 Å². The van der Waals surface area contributed by atoms with E-state index in [4.69, 9.17) is 0 Å². The van der Waals surface area contributed by atoms with Crippen LogP contribution in [0.3, 0.4) is 0 Å². The van der Waals surface area contributed by atoms with Crippen LogP contribution in [0.25, 0.3) is 0 Å². The summed E-state index contributed by atoms with van der Waals surface area (Å²) >= 11 is 3.57. The van der Waals surface area contributed by atoms with Crippen molar-refractivity contribution in [3.63, 3.8) is 0 Å². The molecule has 1 heterocycles. The van der Waals surface area contributed by atoms with Crippen LogP contribution < -0.4 is 5.32 Å². The van der Waals surface area contributed by atoms with E-state index < -0.39 is 0 Å². The van der Waals surface area contributed by atoms with Crippen LogP contribution in [0.1, 0.15) is 0 Å². The molecule has 0 fully saturated rings. The third-order valence-corrected chi connectivity index (χ3v) is 3.21. The minimum Gasteiger partial charge on any atom is -0.380 e. The number of hydrogen-bond acceptors (Lipinski definition) is 3. The minimum absolute atomic E-state index is 1.24. The number of nitrogens with one attached hydrogen (secondary N) is 1. The summed E-state index contributed by atoms with van der Waals surface area (Å²) in [5.74, 6) is 0. The Morgan fingerprint density at radius 2 is 2.33 bits per heavy atom. The zero-order valence-electron chi connectivity index (χ0n) is 5.47. The molecule has 1 nitrogen and oxygen atoms in total. The summed E-state index contributed by atoms with van der Waals surface area (Å²) in [5.41, 5.74) is 0. The summed E-state index contributed by atoms with van der Waals surface area (Å²) in [7, 11) is 1.94. The summed E-state index contributed by atoms with van der Waals surface area (Å²) in [5, 5.41) is 4.32. The maximum Gasteiger partial charge on any atom is 0.0891 e. The van der Waals surface area contributed by atoms with E-state index in [2.05, 4.69) is 23.7 Å². The zero-order valence-corrected chi connectivity index (χ0v) is 7.10. The first kappa shape index (κ1) is 6.96. The molecule has 1 N–H and O–H groups in total. The molecule has 3 heteroatoms. The summed E-state index contributed by atoms with van der Waals surface area (Å²) in [6, 6.07) is 4.22. The van der Waals surface area contributed by atoms with Gasteiger partial charge in [-0.2, -0.15) is 0 Å². The van der Waals surface area contributed by atoms with Crippen molar-refractivity contribution < 1.29 is 0 Å². The first-order valence-corrected chi connectivity index (χ1v) is 4.72. The van der Waals surface area contributed by atoms with E-state index in [1.54, 1.807) is 23.1 Å². The molecule has 0 amide bonds. The lowest BCUT2D eigenvalue weighted by atomic mass is 10.6. The highest BCUT2D eigenvalue weighted by atomic mass is 32.2. The van der Waals surface area contributed by atoms with Gasteiger partial charge in [0.15, 0.2) is 0 Å². The fourth-order valence-electron chi connectivity index (χ4n) is 0.564. The van der Waals surface area contributed by atoms with Crippen molar-refractivity contribution in [1.29, 1.82) is 0 Å². The number of anilines is 1. The molecule has 1 aromatic rings. The average molecular weight is 159 g/mol. The van der Waals surface area contributed by atoms with Gasteiger partial charge in [-0.15, -0.1) is 23.1 Å². The van der Waals surface area contributed by atoms with Crippen molar-refractivity contribution in [2.75, 3.05) is 18.6 Å². The first-order valence-electron chi connectivity index (χ1n) is 2.68. The van der Waals surface area contributed by atoms with E-state index in [0.717, 1.165) is 0 Å². The largest absolute Gasteiger partial charge is 0.380 e. The smallest absolute Gasteiger partial charge is 0.0891 e. The van der Waals surface area contributed by atoms with Crippen LogP contribution in [0, 0.1) is 0 Å². The van der Waals surface area contributed by atoms with Gasteiger partial charge in [0, 0.05) is 7.05 Å². The van der Waals surface area contributed by atoms with Crippen molar-refractivity contribution >= 4 is 28.1 Å². The molecule has 0 bridgehead atoms. The van der Waals surface area contributed by atoms with Crippen LogP contribution >= 0.6 is 23.1 Å². The first-order chi connectivity index (χ1) is 4.36. The van der Waals surface area contributed by atoms with Crippen LogP contribution in [0.15, 0.2) is 16.3 Å². The molecule has 1 aromatic heterocycles. The Labute approximate surface area is 63.5 Å². The molecule has 0 aliphatic carbocycles. The van der Waals surface area contributed by atoms with Crippen LogP contribution in [0.5, 0.6) is 0 Å². The van der Waals surface area contributed by atoms with Crippen LogP contribution in [-0.2, 0) is 0 Å². The van der Waals surface area contributed by atoms with Gasteiger partial charge in [0.1, 0.15) is 0 Å². The Balaban J connectivity index is 2.74. The van der Waals surface area contributed by atoms with Gasteiger partial charge in [0.05, 0.1) is 9.21 Å². The fraction of sp³-hybridized carbons (Fsp3) is 0.333. The summed E-state index contributed by atoms with van der Waals surface area (Å²) in [6.45, 7) is 0. The van der Waals surface area contributed by atoms with Crippen molar-refractivity contribution in [2.24, 2.45) is 0 Å². The molecule has 0 radical (unpaired) electrons. The van der Waals surface area contributed by atoms with E-state index in [1.165, 1.54) is 9.21 Å². The topological polar surface area (TPSA) is 12.0 Å². The number of thiophene rings is 1. The molecule has 0 atom stereocenters. The number of thioether (sulfide) groups is 1. The highest BCUT2D eigenvalue weighted by Gasteiger charge is 1.93. The number of hydrogen-bond donors (Lipinski definition) is 1. The molecule has 50 valence electrons. The lowest BCUT2D eigenvalue weighted by molar-refractivity contribution is 1.59. The Morgan fingerprint density at radius 3 is 2.67 bits per heavy atom. The van der Waals surface area contributed by atoms with Crippen LogP contribution in [-0.4, -0.2) is 13.3 Å². The van der Waals surface area contributed by atoms with E-state index >= 15 is 0 Å². The van der Waals surface area contributed by atoms with Crippen molar-refractivity contribution in [3.8, 4) is 0 Å². The Bertz CT molecular complexity index is 164. The lowest BCUT2D eigenvalue weighted by Crippen LogP contribution is -1.79. The van der Waals surface area contributed by atoms with E-state index in [9.17, 15) is 0 Å². The standard InChI is InChI=1S/C6H9NS2/c1-7-5-3-4-6(8-2)9-5/h3-4,7H,1-2H3. The average Bonchev–Trinajstić information content (AvgIpc) is 2.34. The molecule has 0 aromatic carbocycles. The van der Waals surface area contributed by atoms with E-state index in [0.29, 0.717) is 0 Å². The fourth-order valence-corrected chi connectivity index (χ4v) is 1.96. The lowest BCUT2D eigenvalue weighted by Gasteiger charge is -1.88. The van der Waals surface area contributed by atoms with Gasteiger partial charge in [0.25, 0.3) is 0 Å². The quantitative estimate of drug-likeness (QED) is 0.665. The Morgan fingerprint density at radius 1 is 1.56 bits per heavy atom. The molecule has 0 saturated carbocycles. The molecular formula is C6H9NS2. The van der Waals surface area contributed by atoms with Gasteiger partial charge in [-0.25, -0.2) is 0 Å². The van der Waals surface area contributed by atoms with Crippen LogP contribution in [0.2, 0.25) is 0 Å². The SMILES string of the molecule is CNc1ccc(SC)s1. The van der Waals surface area contributed by atoms with Gasteiger partial charge in [-0.1, -0.05) is 0 Å². The molecule has 0 unspecified atom stereocenters. The van der Waals surface area contributed by atoms with Gasteiger partial charge in [0.2, 0.25) is 0 Å². The van der Waals surface area contributed by atoms with Crippen molar-refractivity contribution in [1.82, 2.24) is 0 Å². The highest BCUT2D eigenvalue weighted by molar-refractivity contribution is 8.00. The third-order valence-electron chi connectivity index (χ3n) is 1.03. The summed E-state index contributed by atoms with van der Waals surface area (Å²) in [6.07, 6.45) is 2.09. The Hall–Kier alpha value is -0.150. The second-order valence-corrected chi connectivity index (χ2v) is 3.76. The molecular weight excluding hydrogens is 150 g/mol. The van der Waals surface area contributed by atoms with Gasteiger partial charge >= 0.3 is 0 Å². The molecule has 0 aliphatic rings. The number of rotatable bonds is 2. The van der Waals surface area contributed by atoms with Crippen molar-refractivity contribution in [3.05, 3.63) is 12.1 Å². The highest BCUT2D eigenvalue weighted by Crippen LogP contribution is 2.28. The molecule has 0 aliphatic heterocycles. The van der Waals surface area contributed by atoms with E-state index in [-0.39, 0.29) is 0 Å². The predicted octanol–water partition coefficient (Wildman–Crippen LogP) is 2.51. The Kier molecular flexibility index (Phi) is 2.42. The molecule has 0 saturated heterocycles. The normalized spacial score (nSPS) is 9.56. The molecule has 9 heavy (non-hydrogen) atoms. The van der Waals surface area contributed by atoms with Gasteiger partial charge < -0.3 is 5.32 Å². The van der Waals surface area contributed by atoms with E-state index in [1.807, 2.05) is 7.05 Å².